The molecule has 0 fully saturated rings. The van der Waals surface area contributed by atoms with Crippen molar-refractivity contribution in [2.45, 2.75) is 40.2 Å². The molecular formula is C25H28N4O3. The number of carbonyl (C=O) groups is 2. The van der Waals surface area contributed by atoms with Crippen molar-refractivity contribution in [2.75, 3.05) is 10.6 Å². The molecule has 0 saturated carbocycles. The maximum Gasteiger partial charge on any atom is 0.291 e. The van der Waals surface area contributed by atoms with Gasteiger partial charge in [0.2, 0.25) is 11.8 Å². The van der Waals surface area contributed by atoms with Crippen LogP contribution in [0.3, 0.4) is 0 Å². The summed E-state index contributed by atoms with van der Waals surface area (Å²) in [5, 5.41) is 10.0. The minimum absolute atomic E-state index is 0.0890. The Hall–Kier alpha value is -3.74. The second-order valence-electron chi connectivity index (χ2n) is 7.88. The largest absolute Gasteiger partial charge is 0.324 e. The molecule has 7 nitrogen and oxygen atoms in total. The van der Waals surface area contributed by atoms with E-state index in [-0.39, 0.29) is 23.4 Å². The van der Waals surface area contributed by atoms with Gasteiger partial charge in [-0.15, -0.1) is 0 Å². The zero-order valence-electron chi connectivity index (χ0n) is 18.8. The van der Waals surface area contributed by atoms with Crippen LogP contribution in [0.5, 0.6) is 0 Å². The van der Waals surface area contributed by atoms with Crippen LogP contribution in [0.15, 0.2) is 65.5 Å². The average molecular weight is 433 g/mol. The van der Waals surface area contributed by atoms with Crippen LogP contribution >= 0.6 is 0 Å². The zero-order chi connectivity index (χ0) is 23.3. The van der Waals surface area contributed by atoms with Gasteiger partial charge in [0.05, 0.1) is 5.69 Å². The van der Waals surface area contributed by atoms with Gasteiger partial charge in [-0.2, -0.15) is 5.10 Å². The Labute approximate surface area is 187 Å². The first-order valence-electron chi connectivity index (χ1n) is 10.7. The number of para-hydroxylation sites is 1. The van der Waals surface area contributed by atoms with Crippen LogP contribution in [0.25, 0.3) is 11.3 Å². The van der Waals surface area contributed by atoms with E-state index in [0.717, 1.165) is 22.2 Å². The van der Waals surface area contributed by atoms with Gasteiger partial charge in [0, 0.05) is 17.2 Å². The molecule has 1 atom stereocenters. The Morgan fingerprint density at radius 2 is 1.53 bits per heavy atom. The van der Waals surface area contributed by atoms with E-state index in [4.69, 9.17) is 0 Å². The highest BCUT2D eigenvalue weighted by Crippen LogP contribution is 2.21. The number of hydrogen-bond acceptors (Lipinski definition) is 4. The van der Waals surface area contributed by atoms with Crippen LogP contribution in [-0.2, 0) is 16.0 Å². The van der Waals surface area contributed by atoms with Crippen molar-refractivity contribution in [3.05, 3.63) is 76.6 Å². The molecule has 7 heteroatoms. The average Bonchev–Trinajstić information content (AvgIpc) is 2.80. The molecule has 0 bridgehead atoms. The highest BCUT2D eigenvalue weighted by atomic mass is 16.2. The Bertz CT molecular complexity index is 1170. The number of amides is 2. The Morgan fingerprint density at radius 1 is 0.906 bits per heavy atom. The molecule has 1 aromatic heterocycles. The van der Waals surface area contributed by atoms with Crippen LogP contribution < -0.4 is 16.2 Å². The van der Waals surface area contributed by atoms with E-state index in [1.54, 1.807) is 26.8 Å². The van der Waals surface area contributed by atoms with Crippen LogP contribution in [0.1, 0.15) is 39.3 Å². The lowest BCUT2D eigenvalue weighted by Crippen LogP contribution is -2.36. The lowest BCUT2D eigenvalue weighted by atomic mass is 10.1. The molecule has 3 aromatic rings. The maximum atomic E-state index is 13.1. The summed E-state index contributed by atoms with van der Waals surface area (Å²) in [6.45, 7) is 7.11. The van der Waals surface area contributed by atoms with Crippen molar-refractivity contribution in [3.63, 3.8) is 0 Å². The molecule has 1 heterocycles. The summed E-state index contributed by atoms with van der Waals surface area (Å²) in [6, 6.07) is 17.5. The molecule has 32 heavy (non-hydrogen) atoms. The van der Waals surface area contributed by atoms with E-state index in [0.29, 0.717) is 11.4 Å². The highest BCUT2D eigenvalue weighted by Gasteiger charge is 2.22. The van der Waals surface area contributed by atoms with Crippen molar-refractivity contribution in [1.82, 2.24) is 9.78 Å². The summed E-state index contributed by atoms with van der Waals surface area (Å²) in [4.78, 5) is 38.4. The first kappa shape index (κ1) is 22.9. The summed E-state index contributed by atoms with van der Waals surface area (Å²) in [7, 11) is 0. The van der Waals surface area contributed by atoms with Gasteiger partial charge in [-0.25, -0.2) is 4.68 Å². The Balaban J connectivity index is 2.02. The van der Waals surface area contributed by atoms with Crippen molar-refractivity contribution in [2.24, 2.45) is 5.92 Å². The van der Waals surface area contributed by atoms with E-state index in [2.05, 4.69) is 15.7 Å². The standard InChI is InChI=1S/C25H28N4O3/c1-5-18-11-9-10-14-20(18)26-24(31)17(4)29-25(32)22(27-23(30)16(2)3)15-21(28-29)19-12-7-6-8-13-19/h6-17H,5H2,1-4H3,(H,26,31)(H,27,30)/t17-/m0/s1. The second kappa shape index (κ2) is 10.0. The van der Waals surface area contributed by atoms with Gasteiger partial charge in [0.15, 0.2) is 0 Å². The van der Waals surface area contributed by atoms with Gasteiger partial charge in [0.25, 0.3) is 5.56 Å². The number of nitrogens with one attached hydrogen (secondary N) is 2. The molecule has 0 aliphatic rings. The minimum atomic E-state index is -0.897. The van der Waals surface area contributed by atoms with Crippen LogP contribution in [0.4, 0.5) is 11.4 Å². The van der Waals surface area contributed by atoms with Crippen molar-refractivity contribution < 1.29 is 9.59 Å². The maximum absolute atomic E-state index is 13.1. The lowest BCUT2D eigenvalue weighted by Gasteiger charge is -2.18. The summed E-state index contributed by atoms with van der Waals surface area (Å²) in [5.41, 5.74) is 2.50. The number of hydrogen-bond donors (Lipinski definition) is 2. The Morgan fingerprint density at radius 3 is 2.19 bits per heavy atom. The number of nitrogens with zero attached hydrogens (tertiary/aromatic N) is 2. The smallest absolute Gasteiger partial charge is 0.291 e. The normalized spacial score (nSPS) is 11.8. The molecule has 3 rings (SSSR count). The number of rotatable bonds is 7. The van der Waals surface area contributed by atoms with Gasteiger partial charge in [-0.05, 0) is 31.0 Å². The van der Waals surface area contributed by atoms with Crippen molar-refractivity contribution in [3.8, 4) is 11.3 Å². The van der Waals surface area contributed by atoms with Gasteiger partial charge in [-0.3, -0.25) is 14.4 Å². The van der Waals surface area contributed by atoms with E-state index < -0.39 is 11.6 Å². The fourth-order valence-electron chi connectivity index (χ4n) is 3.19. The second-order valence-corrected chi connectivity index (χ2v) is 7.88. The molecular weight excluding hydrogens is 404 g/mol. The third-order valence-electron chi connectivity index (χ3n) is 5.19. The van der Waals surface area contributed by atoms with Crippen molar-refractivity contribution >= 4 is 23.2 Å². The fraction of sp³-hybridized carbons (Fsp3) is 0.280. The fourth-order valence-corrected chi connectivity index (χ4v) is 3.19. The van der Waals surface area contributed by atoms with Crippen LogP contribution in [-0.4, -0.2) is 21.6 Å². The summed E-state index contributed by atoms with van der Waals surface area (Å²) in [5.74, 6) is -0.956. The Kier molecular flexibility index (Phi) is 7.20. The number of anilines is 2. The summed E-state index contributed by atoms with van der Waals surface area (Å²) in [6.07, 6.45) is 0.762. The third kappa shape index (κ3) is 5.11. The summed E-state index contributed by atoms with van der Waals surface area (Å²) < 4.78 is 1.13. The molecule has 0 spiro atoms. The van der Waals surface area contributed by atoms with Crippen LogP contribution in [0, 0.1) is 5.92 Å². The predicted octanol–water partition coefficient (Wildman–Crippen LogP) is 4.27. The molecule has 0 saturated heterocycles. The molecule has 2 N–H and O–H groups in total. The van der Waals surface area contributed by atoms with E-state index >= 15 is 0 Å². The monoisotopic (exact) mass is 432 g/mol. The quantitative estimate of drug-likeness (QED) is 0.583. The van der Waals surface area contributed by atoms with E-state index in [9.17, 15) is 14.4 Å². The number of carbonyl (C=O) groups excluding carboxylic acids is 2. The number of aryl methyl sites for hydroxylation is 1. The molecule has 0 aliphatic carbocycles. The van der Waals surface area contributed by atoms with E-state index in [1.165, 1.54) is 0 Å². The first-order valence-corrected chi connectivity index (χ1v) is 10.7. The SMILES string of the molecule is CCc1ccccc1NC(=O)[C@H](C)n1nc(-c2ccccc2)cc(NC(=O)C(C)C)c1=O. The number of aromatic nitrogens is 2. The lowest BCUT2D eigenvalue weighted by molar-refractivity contribution is -0.119. The van der Waals surface area contributed by atoms with Crippen molar-refractivity contribution in [1.29, 1.82) is 0 Å². The molecule has 166 valence electrons. The van der Waals surface area contributed by atoms with Gasteiger partial charge >= 0.3 is 0 Å². The highest BCUT2D eigenvalue weighted by molar-refractivity contribution is 5.94. The van der Waals surface area contributed by atoms with Gasteiger partial charge in [-0.1, -0.05) is 69.3 Å². The van der Waals surface area contributed by atoms with E-state index in [1.807, 2.05) is 61.5 Å². The molecule has 0 radical (unpaired) electrons. The molecule has 2 aromatic carbocycles. The number of benzene rings is 2. The summed E-state index contributed by atoms with van der Waals surface area (Å²) >= 11 is 0. The van der Waals surface area contributed by atoms with Crippen LogP contribution in [0.2, 0.25) is 0 Å². The molecule has 2 amide bonds. The zero-order valence-corrected chi connectivity index (χ0v) is 18.8. The predicted molar refractivity (Wildman–Crippen MR) is 127 cm³/mol. The van der Waals surface area contributed by atoms with Gasteiger partial charge < -0.3 is 10.6 Å². The molecule has 0 unspecified atom stereocenters. The topological polar surface area (TPSA) is 93.1 Å². The van der Waals surface area contributed by atoms with Gasteiger partial charge in [0.1, 0.15) is 11.7 Å². The third-order valence-corrected chi connectivity index (χ3v) is 5.19. The molecule has 0 aliphatic heterocycles. The minimum Gasteiger partial charge on any atom is -0.324 e. The first-order chi connectivity index (χ1) is 15.3.